The zero-order valence-electron chi connectivity index (χ0n) is 10.4. The number of nitrogens with one attached hydrogen (secondary N) is 1. The highest BCUT2D eigenvalue weighted by Crippen LogP contribution is 2.29. The van der Waals surface area contributed by atoms with Gasteiger partial charge in [-0.15, -0.1) is 0 Å². The molecule has 0 atom stereocenters. The molecule has 2 rings (SSSR count). The number of phenols is 1. The molecule has 0 bridgehead atoms. The summed E-state index contributed by atoms with van der Waals surface area (Å²) in [5.74, 6) is -0.735. The average Bonchev–Trinajstić information content (AvgIpc) is 2.81. The van der Waals surface area contributed by atoms with Crippen LogP contribution < -0.4 is 5.32 Å². The maximum absolute atomic E-state index is 11.8. The SMILES string of the molecule is Cc1nc(CNC(=O)c2cccc([N+](=O)[O-])c2O)no1. The lowest BCUT2D eigenvalue weighted by atomic mass is 10.1. The maximum atomic E-state index is 11.8. The van der Waals surface area contributed by atoms with E-state index in [0.29, 0.717) is 5.89 Å². The first-order valence-corrected chi connectivity index (χ1v) is 5.53. The Balaban J connectivity index is 2.13. The van der Waals surface area contributed by atoms with Gasteiger partial charge in [0.25, 0.3) is 5.91 Å². The van der Waals surface area contributed by atoms with E-state index < -0.39 is 22.3 Å². The number of nitro groups is 1. The molecule has 0 aliphatic rings. The van der Waals surface area contributed by atoms with Crippen molar-refractivity contribution >= 4 is 11.6 Å². The van der Waals surface area contributed by atoms with Crippen LogP contribution in [0.5, 0.6) is 5.75 Å². The Hall–Kier alpha value is -2.97. The number of hydrogen-bond donors (Lipinski definition) is 2. The van der Waals surface area contributed by atoms with Crippen molar-refractivity contribution in [3.8, 4) is 5.75 Å². The molecule has 0 aliphatic heterocycles. The third-order valence-corrected chi connectivity index (χ3v) is 2.43. The van der Waals surface area contributed by atoms with Crippen molar-refractivity contribution in [2.24, 2.45) is 0 Å². The van der Waals surface area contributed by atoms with Crippen molar-refractivity contribution in [2.75, 3.05) is 0 Å². The molecule has 1 aromatic carbocycles. The van der Waals surface area contributed by atoms with Crippen LogP contribution in [0.15, 0.2) is 22.7 Å². The number of aromatic hydroxyl groups is 1. The fraction of sp³-hybridized carbons (Fsp3) is 0.182. The van der Waals surface area contributed by atoms with Gasteiger partial charge < -0.3 is 14.9 Å². The molecule has 0 unspecified atom stereocenters. The van der Waals surface area contributed by atoms with Gasteiger partial charge >= 0.3 is 5.69 Å². The summed E-state index contributed by atoms with van der Waals surface area (Å²) in [7, 11) is 0. The van der Waals surface area contributed by atoms with Crippen LogP contribution in [-0.4, -0.2) is 26.1 Å². The minimum absolute atomic E-state index is 0.0156. The van der Waals surface area contributed by atoms with Crippen molar-refractivity contribution < 1.29 is 19.3 Å². The van der Waals surface area contributed by atoms with Gasteiger partial charge in [-0.3, -0.25) is 14.9 Å². The van der Waals surface area contributed by atoms with E-state index in [9.17, 15) is 20.0 Å². The average molecular weight is 278 g/mol. The Morgan fingerprint density at radius 1 is 1.55 bits per heavy atom. The number of nitro benzene ring substituents is 1. The summed E-state index contributed by atoms with van der Waals surface area (Å²) in [5, 5.41) is 26.3. The molecule has 0 spiro atoms. The van der Waals surface area contributed by atoms with Crippen molar-refractivity contribution in [3.63, 3.8) is 0 Å². The Kier molecular flexibility index (Phi) is 3.60. The quantitative estimate of drug-likeness (QED) is 0.627. The van der Waals surface area contributed by atoms with Crippen LogP contribution in [0.3, 0.4) is 0 Å². The molecule has 1 amide bonds. The van der Waals surface area contributed by atoms with Gasteiger partial charge in [0, 0.05) is 13.0 Å². The molecule has 2 N–H and O–H groups in total. The molecule has 1 aromatic heterocycles. The summed E-state index contributed by atoms with van der Waals surface area (Å²) >= 11 is 0. The van der Waals surface area contributed by atoms with Gasteiger partial charge in [0.1, 0.15) is 0 Å². The first-order valence-electron chi connectivity index (χ1n) is 5.53. The number of carbonyl (C=O) groups is 1. The topological polar surface area (TPSA) is 131 Å². The molecule has 0 aliphatic carbocycles. The number of aromatic nitrogens is 2. The second-order valence-corrected chi connectivity index (χ2v) is 3.84. The smallest absolute Gasteiger partial charge is 0.311 e. The molecule has 20 heavy (non-hydrogen) atoms. The van der Waals surface area contributed by atoms with E-state index in [4.69, 9.17) is 4.52 Å². The monoisotopic (exact) mass is 278 g/mol. The van der Waals surface area contributed by atoms with E-state index in [-0.39, 0.29) is 17.9 Å². The second kappa shape index (κ2) is 5.34. The van der Waals surface area contributed by atoms with Crippen molar-refractivity contribution in [1.29, 1.82) is 0 Å². The first-order chi connectivity index (χ1) is 9.49. The second-order valence-electron chi connectivity index (χ2n) is 3.84. The normalized spacial score (nSPS) is 10.2. The Bertz CT molecular complexity index is 667. The highest BCUT2D eigenvalue weighted by atomic mass is 16.6. The number of hydrogen-bond acceptors (Lipinski definition) is 7. The number of carbonyl (C=O) groups excluding carboxylic acids is 1. The third-order valence-electron chi connectivity index (χ3n) is 2.43. The van der Waals surface area contributed by atoms with Crippen LogP contribution in [0.25, 0.3) is 0 Å². The van der Waals surface area contributed by atoms with E-state index in [1.807, 2.05) is 0 Å². The van der Waals surface area contributed by atoms with E-state index >= 15 is 0 Å². The number of benzene rings is 1. The van der Waals surface area contributed by atoms with Gasteiger partial charge in [-0.2, -0.15) is 4.98 Å². The van der Waals surface area contributed by atoms with Crippen LogP contribution in [0.2, 0.25) is 0 Å². The maximum Gasteiger partial charge on any atom is 0.311 e. The molecule has 104 valence electrons. The Morgan fingerprint density at radius 2 is 2.30 bits per heavy atom. The zero-order valence-corrected chi connectivity index (χ0v) is 10.4. The van der Waals surface area contributed by atoms with E-state index in [0.717, 1.165) is 6.07 Å². The van der Waals surface area contributed by atoms with E-state index in [1.165, 1.54) is 12.1 Å². The fourth-order valence-corrected chi connectivity index (χ4v) is 1.53. The Labute approximate surface area is 112 Å². The summed E-state index contributed by atoms with van der Waals surface area (Å²) in [5.41, 5.74) is -0.729. The standard InChI is InChI=1S/C11H10N4O5/c1-6-13-9(14-20-6)5-12-11(17)7-3-2-4-8(10(7)16)15(18)19/h2-4,16H,5H2,1H3,(H,12,17). The lowest BCUT2D eigenvalue weighted by Crippen LogP contribution is -2.23. The molecule has 1 heterocycles. The van der Waals surface area contributed by atoms with Gasteiger partial charge in [-0.25, -0.2) is 0 Å². The summed E-state index contributed by atoms with van der Waals surface area (Å²) in [6.45, 7) is 1.59. The highest BCUT2D eigenvalue weighted by Gasteiger charge is 2.20. The van der Waals surface area contributed by atoms with Crippen LogP contribution >= 0.6 is 0 Å². The molecule has 9 nitrogen and oxygen atoms in total. The van der Waals surface area contributed by atoms with Gasteiger partial charge in [-0.1, -0.05) is 11.2 Å². The first kappa shape index (κ1) is 13.5. The summed E-state index contributed by atoms with van der Waals surface area (Å²) in [6, 6.07) is 3.69. The number of rotatable bonds is 4. The van der Waals surface area contributed by atoms with Crippen molar-refractivity contribution in [1.82, 2.24) is 15.5 Å². The number of nitrogens with zero attached hydrogens (tertiary/aromatic N) is 3. The third kappa shape index (κ3) is 2.71. The molecule has 9 heteroatoms. The van der Waals surface area contributed by atoms with Crippen LogP contribution in [0, 0.1) is 17.0 Å². The largest absolute Gasteiger partial charge is 0.502 e. The van der Waals surface area contributed by atoms with Crippen LogP contribution in [0.1, 0.15) is 22.1 Å². The van der Waals surface area contributed by atoms with Crippen LogP contribution in [-0.2, 0) is 6.54 Å². The molecular weight excluding hydrogens is 268 g/mol. The number of aryl methyl sites for hydroxylation is 1. The number of amides is 1. The minimum Gasteiger partial charge on any atom is -0.502 e. The summed E-state index contributed by atoms with van der Waals surface area (Å²) in [4.78, 5) is 25.6. The molecule has 0 fully saturated rings. The molecule has 0 saturated carbocycles. The van der Waals surface area contributed by atoms with Gasteiger partial charge in [0.05, 0.1) is 17.0 Å². The predicted molar refractivity (Wildman–Crippen MR) is 65.0 cm³/mol. The predicted octanol–water partition coefficient (Wildman–Crippen LogP) is 0.922. The zero-order chi connectivity index (χ0) is 14.7. The van der Waals surface area contributed by atoms with E-state index in [1.54, 1.807) is 6.92 Å². The fourth-order valence-electron chi connectivity index (χ4n) is 1.53. The number of phenolic OH excluding ortho intramolecular Hbond substituents is 1. The van der Waals surface area contributed by atoms with Crippen LogP contribution in [0.4, 0.5) is 5.69 Å². The molecular formula is C11H10N4O5. The molecule has 2 aromatic rings. The summed E-state index contributed by atoms with van der Waals surface area (Å²) < 4.78 is 4.73. The number of para-hydroxylation sites is 1. The minimum atomic E-state index is -0.769. The van der Waals surface area contributed by atoms with Gasteiger partial charge in [0.2, 0.25) is 11.6 Å². The summed E-state index contributed by atoms with van der Waals surface area (Å²) in [6.07, 6.45) is 0. The van der Waals surface area contributed by atoms with Gasteiger partial charge in [0.15, 0.2) is 5.82 Å². The lowest BCUT2D eigenvalue weighted by Gasteiger charge is -2.04. The lowest BCUT2D eigenvalue weighted by molar-refractivity contribution is -0.385. The molecule has 0 saturated heterocycles. The van der Waals surface area contributed by atoms with Crippen molar-refractivity contribution in [2.45, 2.75) is 13.5 Å². The van der Waals surface area contributed by atoms with E-state index in [2.05, 4.69) is 15.5 Å². The Morgan fingerprint density at radius 3 is 2.90 bits per heavy atom. The highest BCUT2D eigenvalue weighted by molar-refractivity contribution is 5.97. The van der Waals surface area contributed by atoms with Gasteiger partial charge in [-0.05, 0) is 6.07 Å². The molecule has 0 radical (unpaired) electrons. The van der Waals surface area contributed by atoms with Crippen molar-refractivity contribution in [3.05, 3.63) is 45.6 Å².